The minimum absolute atomic E-state index is 0.299. The molecule has 0 atom stereocenters. The van der Waals surface area contributed by atoms with Crippen molar-refractivity contribution in [1.82, 2.24) is 5.43 Å². The van der Waals surface area contributed by atoms with Gasteiger partial charge in [0, 0.05) is 11.3 Å². The van der Waals surface area contributed by atoms with Gasteiger partial charge >= 0.3 is 0 Å². The average molecular weight is 504 g/mol. The zero-order chi connectivity index (χ0) is 26.7. The van der Waals surface area contributed by atoms with E-state index in [4.69, 9.17) is 4.74 Å². The fraction of sp³-hybridized carbons (Fsp3) is 0.152. The molecule has 4 aromatic carbocycles. The third-order valence-corrected chi connectivity index (χ3v) is 6.18. The van der Waals surface area contributed by atoms with Gasteiger partial charge in [-0.05, 0) is 85.5 Å². The molecule has 0 unspecified atom stereocenters. The van der Waals surface area contributed by atoms with Crippen LogP contribution in [0.25, 0.3) is 6.08 Å². The van der Waals surface area contributed by atoms with E-state index in [2.05, 4.69) is 42.7 Å². The maximum atomic E-state index is 13.3. The molecule has 0 saturated heterocycles. The number of amides is 1. The first kappa shape index (κ1) is 26.4. The van der Waals surface area contributed by atoms with Gasteiger partial charge in [-0.2, -0.15) is 5.10 Å². The molecular formula is C33H33N3O2. The van der Waals surface area contributed by atoms with Crippen LogP contribution in [0.1, 0.15) is 46.0 Å². The van der Waals surface area contributed by atoms with Gasteiger partial charge in [-0.15, -0.1) is 0 Å². The number of benzene rings is 4. The quantitative estimate of drug-likeness (QED) is 0.172. The topological polar surface area (TPSA) is 62.7 Å². The summed E-state index contributed by atoms with van der Waals surface area (Å²) in [5, 5.41) is 7.93. The van der Waals surface area contributed by atoms with Crippen molar-refractivity contribution < 1.29 is 9.53 Å². The van der Waals surface area contributed by atoms with Gasteiger partial charge in [0.25, 0.3) is 5.91 Å². The minimum atomic E-state index is -0.299. The van der Waals surface area contributed by atoms with Gasteiger partial charge in [-0.1, -0.05) is 67.6 Å². The summed E-state index contributed by atoms with van der Waals surface area (Å²) in [5.74, 6) is 0.504. The lowest BCUT2D eigenvalue weighted by Gasteiger charge is -2.14. The van der Waals surface area contributed by atoms with Crippen LogP contribution in [0.3, 0.4) is 0 Å². The van der Waals surface area contributed by atoms with Crippen LogP contribution in [0.5, 0.6) is 5.75 Å². The van der Waals surface area contributed by atoms with Gasteiger partial charge in [0.15, 0.2) is 0 Å². The highest BCUT2D eigenvalue weighted by molar-refractivity contribution is 6.11. The summed E-state index contributed by atoms with van der Waals surface area (Å²) in [5.41, 5.74) is 9.80. The van der Waals surface area contributed by atoms with E-state index in [9.17, 15) is 4.79 Å². The number of ether oxygens (including phenoxy) is 1. The molecule has 0 spiro atoms. The van der Waals surface area contributed by atoms with Crippen molar-refractivity contribution in [2.75, 3.05) is 11.9 Å². The molecule has 0 aliphatic heterocycles. The molecule has 5 heteroatoms. The molecule has 2 N–H and O–H groups in total. The molecule has 4 aromatic rings. The van der Waals surface area contributed by atoms with E-state index in [1.165, 1.54) is 5.56 Å². The highest BCUT2D eigenvalue weighted by Gasteiger charge is 2.12. The Balaban J connectivity index is 1.59. The maximum Gasteiger partial charge on any atom is 0.273 e. The van der Waals surface area contributed by atoms with Crippen molar-refractivity contribution in [3.8, 4) is 5.75 Å². The number of nitrogens with one attached hydrogen (secondary N) is 2. The van der Waals surface area contributed by atoms with Crippen molar-refractivity contribution in [3.05, 3.63) is 131 Å². The molecule has 0 aliphatic rings. The van der Waals surface area contributed by atoms with Crippen molar-refractivity contribution in [2.45, 2.75) is 27.2 Å². The normalized spacial score (nSPS) is 11.4. The first-order valence-electron chi connectivity index (χ1n) is 12.8. The number of aryl methyl sites for hydroxylation is 1. The zero-order valence-corrected chi connectivity index (χ0v) is 22.1. The Hall–Kier alpha value is -4.64. The van der Waals surface area contributed by atoms with Crippen LogP contribution in [0, 0.1) is 13.8 Å². The summed E-state index contributed by atoms with van der Waals surface area (Å²) in [7, 11) is 0. The number of carbonyl (C=O) groups is 1. The van der Waals surface area contributed by atoms with Crippen LogP contribution in [0.2, 0.25) is 0 Å². The number of allylic oxidation sites excluding steroid dienone is 1. The highest BCUT2D eigenvalue weighted by Crippen LogP contribution is 2.25. The van der Waals surface area contributed by atoms with Gasteiger partial charge in [-0.25, -0.2) is 5.43 Å². The van der Waals surface area contributed by atoms with E-state index in [1.807, 2.05) is 97.1 Å². The Morgan fingerprint density at radius 2 is 1.55 bits per heavy atom. The first-order valence-corrected chi connectivity index (χ1v) is 12.8. The highest BCUT2D eigenvalue weighted by atomic mass is 16.5. The molecule has 192 valence electrons. The largest absolute Gasteiger partial charge is 0.494 e. The van der Waals surface area contributed by atoms with Crippen molar-refractivity contribution >= 4 is 29.1 Å². The van der Waals surface area contributed by atoms with Gasteiger partial charge < -0.3 is 10.1 Å². The number of hydrogen-bond donors (Lipinski definition) is 2. The Morgan fingerprint density at radius 3 is 2.32 bits per heavy atom. The molecule has 0 bridgehead atoms. The summed E-state index contributed by atoms with van der Waals surface area (Å²) in [6, 6.07) is 31.2. The van der Waals surface area contributed by atoms with Gasteiger partial charge in [-0.3, -0.25) is 4.79 Å². The van der Waals surface area contributed by atoms with E-state index < -0.39 is 0 Å². The minimum Gasteiger partial charge on any atom is -0.494 e. The first-order chi connectivity index (χ1) is 18.5. The predicted molar refractivity (Wildman–Crippen MR) is 157 cm³/mol. The smallest absolute Gasteiger partial charge is 0.273 e. The van der Waals surface area contributed by atoms with Gasteiger partial charge in [0.05, 0.1) is 23.6 Å². The van der Waals surface area contributed by atoms with Crippen LogP contribution in [0.15, 0.2) is 108 Å². The van der Waals surface area contributed by atoms with Crippen LogP contribution in [-0.2, 0) is 0 Å². The van der Waals surface area contributed by atoms with E-state index in [-0.39, 0.29) is 5.91 Å². The van der Waals surface area contributed by atoms with Gasteiger partial charge in [0.2, 0.25) is 0 Å². The molecule has 1 amide bonds. The molecule has 5 nitrogen and oxygen atoms in total. The molecule has 0 aromatic heterocycles. The molecule has 0 aliphatic carbocycles. The monoisotopic (exact) mass is 503 g/mol. The zero-order valence-electron chi connectivity index (χ0n) is 22.1. The average Bonchev–Trinajstić information content (AvgIpc) is 2.95. The number of hydrazone groups is 1. The Kier molecular flexibility index (Phi) is 9.08. The molecule has 0 fully saturated rings. The van der Waals surface area contributed by atoms with E-state index in [0.717, 1.165) is 34.5 Å². The predicted octanol–water partition coefficient (Wildman–Crippen LogP) is 7.68. The van der Waals surface area contributed by atoms with E-state index >= 15 is 0 Å². The summed E-state index contributed by atoms with van der Waals surface area (Å²) < 4.78 is 5.72. The second-order valence-corrected chi connectivity index (χ2v) is 8.97. The van der Waals surface area contributed by atoms with E-state index in [0.29, 0.717) is 23.6 Å². The third kappa shape index (κ3) is 6.98. The number of rotatable bonds is 10. The summed E-state index contributed by atoms with van der Waals surface area (Å²) in [4.78, 5) is 13.3. The second-order valence-electron chi connectivity index (χ2n) is 8.97. The number of nitrogens with zero attached hydrogens (tertiary/aromatic N) is 1. The number of anilines is 2. The number of para-hydroxylation sites is 1. The number of hydrogen-bond acceptors (Lipinski definition) is 4. The molecule has 0 radical (unpaired) electrons. The summed E-state index contributed by atoms with van der Waals surface area (Å²) in [6.45, 7) is 6.88. The van der Waals surface area contributed by atoms with Crippen LogP contribution < -0.4 is 15.5 Å². The Bertz CT molecular complexity index is 1420. The van der Waals surface area contributed by atoms with Crippen molar-refractivity contribution in [2.24, 2.45) is 5.10 Å². The molecule has 0 heterocycles. The fourth-order valence-corrected chi connectivity index (χ4v) is 3.87. The lowest BCUT2D eigenvalue weighted by molar-refractivity contribution is 0.0955. The standard InChI is InChI=1S/C33H33N3O2/c1-4-23-38-28-20-18-27(19-21-28)31(22-17-26-12-6-5-7-13-26)35-36-33(37)29-14-8-9-15-32(29)34-30-16-10-11-24(2)25(30)3/h5-22,34H,4,23H2,1-3H3,(H,36,37)/b22-17-,35-31+. The molecular weight excluding hydrogens is 470 g/mol. The van der Waals surface area contributed by atoms with Gasteiger partial charge in [0.1, 0.15) is 5.75 Å². The molecule has 38 heavy (non-hydrogen) atoms. The Morgan fingerprint density at radius 1 is 0.842 bits per heavy atom. The SMILES string of the molecule is CCCOc1ccc(C(/C=C\c2ccccc2)=N/NC(=O)c2ccccc2Nc2cccc(C)c2C)cc1. The van der Waals surface area contributed by atoms with Crippen molar-refractivity contribution in [3.63, 3.8) is 0 Å². The van der Waals surface area contributed by atoms with Crippen molar-refractivity contribution in [1.29, 1.82) is 0 Å². The summed E-state index contributed by atoms with van der Waals surface area (Å²) >= 11 is 0. The molecule has 0 saturated carbocycles. The van der Waals surface area contributed by atoms with E-state index in [1.54, 1.807) is 6.07 Å². The third-order valence-electron chi connectivity index (χ3n) is 6.18. The van der Waals surface area contributed by atoms with Crippen LogP contribution in [-0.4, -0.2) is 18.2 Å². The second kappa shape index (κ2) is 13.1. The summed E-state index contributed by atoms with van der Waals surface area (Å²) in [6.07, 6.45) is 4.82. The fourth-order valence-electron chi connectivity index (χ4n) is 3.87. The lowest BCUT2D eigenvalue weighted by Crippen LogP contribution is -2.20. The maximum absolute atomic E-state index is 13.3. The lowest BCUT2D eigenvalue weighted by atomic mass is 10.1. The number of carbonyl (C=O) groups excluding carboxylic acids is 1. The molecule has 4 rings (SSSR count). The Labute approximate surface area is 224 Å². The van der Waals surface area contributed by atoms with Crippen LogP contribution >= 0.6 is 0 Å². The van der Waals surface area contributed by atoms with Crippen LogP contribution in [0.4, 0.5) is 11.4 Å².